The van der Waals surface area contributed by atoms with Crippen molar-refractivity contribution in [3.05, 3.63) is 106 Å². The molecular formula is C31H34N2O7S. The Morgan fingerprint density at radius 3 is 2.34 bits per heavy atom. The minimum absolute atomic E-state index is 0.0376. The number of ether oxygens (including phenoxy) is 2. The van der Waals surface area contributed by atoms with E-state index in [1.165, 1.54) is 22.4 Å². The average molecular weight is 579 g/mol. The first-order valence-electron chi connectivity index (χ1n) is 13.2. The number of benzene rings is 2. The second-order valence-electron chi connectivity index (χ2n) is 9.69. The molecule has 0 aliphatic carbocycles. The molecule has 0 spiro atoms. The van der Waals surface area contributed by atoms with Crippen molar-refractivity contribution < 1.29 is 31.9 Å². The summed E-state index contributed by atoms with van der Waals surface area (Å²) in [6.45, 7) is 4.54. The van der Waals surface area contributed by atoms with Crippen LogP contribution in [0.2, 0.25) is 0 Å². The standard InChI is InChI=1S/C31H34N2O7S/c1-22-11-15-27(16-12-22)41(36,37)32(20-24-9-6-5-7-10-24)21-26-14-13-25(40-26)19-28-29(31(35)39-4)23(2)33(30(28)34)17-8-18-38-3/h5-7,9-16,19H,8,17-18,20-21H2,1-4H3/b28-19+. The summed E-state index contributed by atoms with van der Waals surface area (Å²) in [4.78, 5) is 27.6. The molecule has 4 rings (SSSR count). The van der Waals surface area contributed by atoms with Crippen molar-refractivity contribution in [1.82, 2.24) is 9.21 Å². The van der Waals surface area contributed by atoms with Gasteiger partial charge >= 0.3 is 5.97 Å². The van der Waals surface area contributed by atoms with E-state index in [0.29, 0.717) is 36.8 Å². The summed E-state index contributed by atoms with van der Waals surface area (Å²) < 4.78 is 44.7. The first-order valence-corrected chi connectivity index (χ1v) is 14.6. The van der Waals surface area contributed by atoms with Gasteiger partial charge in [-0.15, -0.1) is 0 Å². The molecule has 0 unspecified atom stereocenters. The van der Waals surface area contributed by atoms with Crippen molar-refractivity contribution in [3.63, 3.8) is 0 Å². The van der Waals surface area contributed by atoms with Gasteiger partial charge in [0.05, 0.1) is 29.7 Å². The maximum absolute atomic E-state index is 13.7. The Morgan fingerprint density at radius 1 is 0.976 bits per heavy atom. The van der Waals surface area contributed by atoms with E-state index in [1.807, 2.05) is 37.3 Å². The smallest absolute Gasteiger partial charge is 0.340 e. The van der Waals surface area contributed by atoms with Crippen LogP contribution in [0.25, 0.3) is 6.08 Å². The van der Waals surface area contributed by atoms with E-state index in [9.17, 15) is 18.0 Å². The maximum atomic E-state index is 13.7. The van der Waals surface area contributed by atoms with Crippen LogP contribution in [0.5, 0.6) is 0 Å². The molecule has 9 nitrogen and oxygen atoms in total. The quantitative estimate of drug-likeness (QED) is 0.174. The first kappa shape index (κ1) is 30.0. The largest absolute Gasteiger partial charge is 0.465 e. The zero-order valence-corrected chi connectivity index (χ0v) is 24.4. The van der Waals surface area contributed by atoms with E-state index in [-0.39, 0.29) is 35.0 Å². The van der Waals surface area contributed by atoms with E-state index in [1.54, 1.807) is 50.4 Å². The van der Waals surface area contributed by atoms with Gasteiger partial charge in [-0.05, 0) is 56.2 Å². The van der Waals surface area contributed by atoms with E-state index < -0.39 is 16.0 Å². The van der Waals surface area contributed by atoms with Gasteiger partial charge in [0.2, 0.25) is 10.0 Å². The van der Waals surface area contributed by atoms with Gasteiger partial charge < -0.3 is 18.8 Å². The summed E-state index contributed by atoms with van der Waals surface area (Å²) in [5.41, 5.74) is 2.60. The predicted molar refractivity (Wildman–Crippen MR) is 154 cm³/mol. The van der Waals surface area contributed by atoms with Gasteiger partial charge in [0, 0.05) is 32.5 Å². The summed E-state index contributed by atoms with van der Waals surface area (Å²) in [6.07, 6.45) is 2.09. The Morgan fingerprint density at radius 2 is 1.68 bits per heavy atom. The molecule has 0 radical (unpaired) electrons. The highest BCUT2D eigenvalue weighted by Gasteiger charge is 2.37. The zero-order chi connectivity index (χ0) is 29.6. The molecule has 0 fully saturated rings. The molecule has 3 aromatic rings. The number of hydrogen-bond donors (Lipinski definition) is 0. The number of methoxy groups -OCH3 is 2. The number of allylic oxidation sites excluding steroid dienone is 1. The van der Waals surface area contributed by atoms with Crippen LogP contribution in [0.15, 0.2) is 92.9 Å². The lowest BCUT2D eigenvalue weighted by Gasteiger charge is -2.21. The molecule has 0 atom stereocenters. The van der Waals surface area contributed by atoms with Crippen LogP contribution >= 0.6 is 0 Å². The average Bonchev–Trinajstić information content (AvgIpc) is 3.50. The third kappa shape index (κ3) is 6.84. The molecule has 2 heterocycles. The molecule has 1 amide bonds. The number of aryl methyl sites for hydroxylation is 1. The second-order valence-corrected chi connectivity index (χ2v) is 11.6. The Kier molecular flexibility index (Phi) is 9.59. The van der Waals surface area contributed by atoms with Crippen LogP contribution < -0.4 is 0 Å². The monoisotopic (exact) mass is 578 g/mol. The Labute approximate surface area is 240 Å². The summed E-state index contributed by atoms with van der Waals surface area (Å²) in [6, 6.07) is 19.3. The van der Waals surface area contributed by atoms with Gasteiger partial charge in [-0.1, -0.05) is 48.0 Å². The second kappa shape index (κ2) is 13.1. The molecule has 10 heteroatoms. The van der Waals surface area contributed by atoms with Gasteiger partial charge in [0.15, 0.2) is 0 Å². The third-order valence-corrected chi connectivity index (χ3v) is 8.60. The molecular weight excluding hydrogens is 544 g/mol. The summed E-state index contributed by atoms with van der Waals surface area (Å²) >= 11 is 0. The molecule has 0 saturated carbocycles. The van der Waals surface area contributed by atoms with Crippen molar-refractivity contribution >= 4 is 28.0 Å². The molecule has 1 aliphatic rings. The first-order chi connectivity index (χ1) is 19.6. The fraction of sp³-hybridized carbons (Fsp3) is 0.290. The van der Waals surface area contributed by atoms with Crippen LogP contribution in [0.4, 0.5) is 0 Å². The van der Waals surface area contributed by atoms with Crippen molar-refractivity contribution in [3.8, 4) is 0 Å². The predicted octanol–water partition coefficient (Wildman–Crippen LogP) is 4.69. The highest BCUT2D eigenvalue weighted by molar-refractivity contribution is 7.89. The highest BCUT2D eigenvalue weighted by Crippen LogP contribution is 2.32. The lowest BCUT2D eigenvalue weighted by atomic mass is 10.1. The van der Waals surface area contributed by atoms with E-state index in [0.717, 1.165) is 11.1 Å². The number of hydrogen-bond acceptors (Lipinski definition) is 7. The Bertz CT molecular complexity index is 1560. The lowest BCUT2D eigenvalue weighted by molar-refractivity contribution is -0.136. The Hall–Kier alpha value is -3.99. The normalized spacial score (nSPS) is 14.9. The minimum atomic E-state index is -3.87. The van der Waals surface area contributed by atoms with Crippen molar-refractivity contribution in [2.45, 2.75) is 38.3 Å². The van der Waals surface area contributed by atoms with Gasteiger partial charge in [-0.25, -0.2) is 13.2 Å². The lowest BCUT2D eigenvalue weighted by Crippen LogP contribution is -2.30. The number of amides is 1. The third-order valence-electron chi connectivity index (χ3n) is 6.79. The number of carbonyl (C=O) groups excluding carboxylic acids is 2. The minimum Gasteiger partial charge on any atom is -0.465 e. The fourth-order valence-electron chi connectivity index (χ4n) is 4.61. The number of nitrogens with zero attached hydrogens (tertiary/aromatic N) is 2. The topological polar surface area (TPSA) is 106 Å². The SMILES string of the molecule is COCCCN1C(=O)/C(=C/c2ccc(CN(Cc3ccccc3)S(=O)(=O)c3ccc(C)cc3)o2)C(C(=O)OC)=C1C. The van der Waals surface area contributed by atoms with Crippen molar-refractivity contribution in [2.75, 3.05) is 27.4 Å². The van der Waals surface area contributed by atoms with Crippen LogP contribution in [-0.2, 0) is 42.2 Å². The molecule has 1 aliphatic heterocycles. The van der Waals surface area contributed by atoms with E-state index >= 15 is 0 Å². The number of carbonyl (C=O) groups is 2. The summed E-state index contributed by atoms with van der Waals surface area (Å²) in [7, 11) is -1.02. The van der Waals surface area contributed by atoms with Crippen molar-refractivity contribution in [1.29, 1.82) is 0 Å². The zero-order valence-electron chi connectivity index (χ0n) is 23.6. The van der Waals surface area contributed by atoms with Gasteiger partial charge in [-0.3, -0.25) is 4.79 Å². The van der Waals surface area contributed by atoms with Gasteiger partial charge in [0.1, 0.15) is 11.5 Å². The number of furan rings is 1. The number of rotatable bonds is 12. The molecule has 41 heavy (non-hydrogen) atoms. The van der Waals surface area contributed by atoms with Crippen LogP contribution in [0, 0.1) is 6.92 Å². The highest BCUT2D eigenvalue weighted by atomic mass is 32.2. The van der Waals surface area contributed by atoms with Crippen LogP contribution in [0.3, 0.4) is 0 Å². The van der Waals surface area contributed by atoms with E-state index in [4.69, 9.17) is 13.9 Å². The van der Waals surface area contributed by atoms with Crippen LogP contribution in [-0.4, -0.2) is 56.9 Å². The van der Waals surface area contributed by atoms with E-state index in [2.05, 4.69) is 0 Å². The molecule has 216 valence electrons. The Balaban J connectivity index is 1.64. The van der Waals surface area contributed by atoms with Gasteiger partial charge in [-0.2, -0.15) is 4.31 Å². The molecule has 0 N–H and O–H groups in total. The summed E-state index contributed by atoms with van der Waals surface area (Å²) in [5.74, 6) is -0.277. The maximum Gasteiger partial charge on any atom is 0.340 e. The summed E-state index contributed by atoms with van der Waals surface area (Å²) in [5, 5.41) is 0. The van der Waals surface area contributed by atoms with Crippen LogP contribution in [0.1, 0.15) is 36.0 Å². The molecule has 2 aromatic carbocycles. The molecule has 1 aromatic heterocycles. The van der Waals surface area contributed by atoms with Gasteiger partial charge in [0.25, 0.3) is 5.91 Å². The molecule has 0 saturated heterocycles. The number of sulfonamides is 1. The fourth-order valence-corrected chi connectivity index (χ4v) is 6.00. The molecule has 0 bridgehead atoms. The number of esters is 1. The van der Waals surface area contributed by atoms with Crippen molar-refractivity contribution in [2.24, 2.45) is 0 Å².